The summed E-state index contributed by atoms with van der Waals surface area (Å²) in [6.07, 6.45) is 11.8. The van der Waals surface area contributed by atoms with Crippen LogP contribution in [0.1, 0.15) is 50.4 Å². The van der Waals surface area contributed by atoms with Crippen molar-refractivity contribution < 1.29 is 0 Å². The molecule has 0 saturated heterocycles. The Morgan fingerprint density at radius 1 is 1.33 bits per heavy atom. The number of rotatable bonds is 2. The van der Waals surface area contributed by atoms with E-state index in [4.69, 9.17) is 5.73 Å². The molecule has 1 aromatic rings. The van der Waals surface area contributed by atoms with E-state index in [1.54, 1.807) is 0 Å². The molecule has 1 saturated carbocycles. The number of aryl methyl sites for hydroxylation is 1. The molecule has 0 aliphatic heterocycles. The second kappa shape index (κ2) is 4.79. The van der Waals surface area contributed by atoms with Crippen LogP contribution in [-0.4, -0.2) is 9.55 Å². The average molecular weight is 207 g/mol. The van der Waals surface area contributed by atoms with Crippen molar-refractivity contribution in [2.75, 3.05) is 0 Å². The Morgan fingerprint density at radius 2 is 2.00 bits per heavy atom. The van der Waals surface area contributed by atoms with E-state index in [9.17, 15) is 0 Å². The molecule has 0 bridgehead atoms. The quantitative estimate of drug-likeness (QED) is 0.757. The summed E-state index contributed by atoms with van der Waals surface area (Å²) in [6, 6.07) is 0.128. The van der Waals surface area contributed by atoms with E-state index in [-0.39, 0.29) is 6.04 Å². The van der Waals surface area contributed by atoms with Gasteiger partial charge in [0, 0.05) is 19.4 Å². The molecular formula is C12H21N3. The highest BCUT2D eigenvalue weighted by atomic mass is 15.1. The molecule has 1 aliphatic carbocycles. The minimum atomic E-state index is 0.128. The van der Waals surface area contributed by atoms with Gasteiger partial charge in [-0.3, -0.25) is 0 Å². The highest BCUT2D eigenvalue weighted by Gasteiger charge is 2.23. The summed E-state index contributed by atoms with van der Waals surface area (Å²) in [6.45, 7) is 0. The van der Waals surface area contributed by atoms with Gasteiger partial charge in [-0.2, -0.15) is 0 Å². The highest BCUT2D eigenvalue weighted by Crippen LogP contribution is 2.30. The number of nitrogens with two attached hydrogens (primary N) is 1. The van der Waals surface area contributed by atoms with Crippen LogP contribution in [0.25, 0.3) is 0 Å². The Balaban J connectivity index is 2.06. The summed E-state index contributed by atoms with van der Waals surface area (Å²) in [5, 5.41) is 0. The Bertz CT molecular complexity index is 298. The SMILES string of the molecule is Cn1ccnc1C(N)C1CCCCCC1. The lowest BCUT2D eigenvalue weighted by Crippen LogP contribution is -2.24. The molecule has 1 aromatic heterocycles. The molecule has 1 unspecified atom stereocenters. The van der Waals surface area contributed by atoms with Gasteiger partial charge in [-0.25, -0.2) is 4.98 Å². The maximum Gasteiger partial charge on any atom is 0.125 e. The minimum Gasteiger partial charge on any atom is -0.337 e. The van der Waals surface area contributed by atoms with Crippen molar-refractivity contribution in [2.24, 2.45) is 18.7 Å². The molecule has 3 nitrogen and oxygen atoms in total. The lowest BCUT2D eigenvalue weighted by Gasteiger charge is -2.21. The minimum absolute atomic E-state index is 0.128. The van der Waals surface area contributed by atoms with Gasteiger partial charge in [-0.05, 0) is 18.8 Å². The molecule has 0 spiro atoms. The fraction of sp³-hybridized carbons (Fsp3) is 0.750. The molecule has 84 valence electrons. The van der Waals surface area contributed by atoms with Crippen molar-refractivity contribution >= 4 is 0 Å². The standard InChI is InChI=1S/C12H21N3/c1-15-9-8-14-12(15)11(13)10-6-4-2-3-5-7-10/h8-11H,2-7,13H2,1H3. The van der Waals surface area contributed by atoms with Crippen LogP contribution in [0.5, 0.6) is 0 Å². The third kappa shape index (κ3) is 2.40. The lowest BCUT2D eigenvalue weighted by atomic mass is 9.92. The van der Waals surface area contributed by atoms with Crippen LogP contribution in [0.2, 0.25) is 0 Å². The molecule has 15 heavy (non-hydrogen) atoms. The largest absolute Gasteiger partial charge is 0.337 e. The predicted molar refractivity (Wildman–Crippen MR) is 61.3 cm³/mol. The van der Waals surface area contributed by atoms with Crippen LogP contribution < -0.4 is 5.73 Å². The van der Waals surface area contributed by atoms with E-state index in [1.165, 1.54) is 38.5 Å². The monoisotopic (exact) mass is 207 g/mol. The zero-order chi connectivity index (χ0) is 10.7. The molecular weight excluding hydrogens is 186 g/mol. The molecule has 1 heterocycles. The van der Waals surface area contributed by atoms with Crippen molar-refractivity contribution in [3.8, 4) is 0 Å². The fourth-order valence-electron chi connectivity index (χ4n) is 2.58. The molecule has 3 heteroatoms. The molecule has 0 radical (unpaired) electrons. The molecule has 1 atom stereocenters. The average Bonchev–Trinajstić information content (AvgIpc) is 2.53. The van der Waals surface area contributed by atoms with Gasteiger partial charge in [0.15, 0.2) is 0 Å². The number of hydrogen-bond acceptors (Lipinski definition) is 2. The molecule has 1 fully saturated rings. The van der Waals surface area contributed by atoms with Gasteiger partial charge < -0.3 is 10.3 Å². The Hall–Kier alpha value is -0.830. The van der Waals surface area contributed by atoms with Gasteiger partial charge in [0.25, 0.3) is 0 Å². The lowest BCUT2D eigenvalue weighted by molar-refractivity contribution is 0.365. The van der Waals surface area contributed by atoms with E-state index in [1.807, 2.05) is 19.4 Å². The van der Waals surface area contributed by atoms with Crippen molar-refractivity contribution in [3.63, 3.8) is 0 Å². The van der Waals surface area contributed by atoms with Gasteiger partial charge in [0.2, 0.25) is 0 Å². The van der Waals surface area contributed by atoms with E-state index >= 15 is 0 Å². The summed E-state index contributed by atoms with van der Waals surface area (Å²) in [5.41, 5.74) is 6.30. The summed E-state index contributed by atoms with van der Waals surface area (Å²) in [4.78, 5) is 4.36. The summed E-state index contributed by atoms with van der Waals surface area (Å²) < 4.78 is 2.05. The highest BCUT2D eigenvalue weighted by molar-refractivity contribution is 5.00. The van der Waals surface area contributed by atoms with Crippen LogP contribution in [-0.2, 0) is 7.05 Å². The second-order valence-electron chi connectivity index (χ2n) is 4.67. The topological polar surface area (TPSA) is 43.8 Å². The first kappa shape index (κ1) is 10.7. The van der Waals surface area contributed by atoms with E-state index in [0.29, 0.717) is 5.92 Å². The third-order valence-electron chi connectivity index (χ3n) is 3.56. The van der Waals surface area contributed by atoms with Crippen LogP contribution in [0.15, 0.2) is 12.4 Å². The smallest absolute Gasteiger partial charge is 0.125 e. The summed E-state index contributed by atoms with van der Waals surface area (Å²) >= 11 is 0. The molecule has 0 amide bonds. The number of aromatic nitrogens is 2. The summed E-state index contributed by atoms with van der Waals surface area (Å²) in [7, 11) is 2.03. The fourth-order valence-corrected chi connectivity index (χ4v) is 2.58. The number of imidazole rings is 1. The maximum atomic E-state index is 6.30. The first-order chi connectivity index (χ1) is 7.29. The second-order valence-corrected chi connectivity index (χ2v) is 4.67. The van der Waals surface area contributed by atoms with E-state index < -0.39 is 0 Å². The Morgan fingerprint density at radius 3 is 2.53 bits per heavy atom. The van der Waals surface area contributed by atoms with Crippen LogP contribution in [0.3, 0.4) is 0 Å². The normalized spacial score (nSPS) is 21.2. The van der Waals surface area contributed by atoms with Crippen LogP contribution in [0.4, 0.5) is 0 Å². The zero-order valence-corrected chi connectivity index (χ0v) is 9.52. The molecule has 2 N–H and O–H groups in total. The maximum absolute atomic E-state index is 6.30. The molecule has 2 rings (SSSR count). The van der Waals surface area contributed by atoms with Crippen molar-refractivity contribution in [1.82, 2.24) is 9.55 Å². The van der Waals surface area contributed by atoms with E-state index in [0.717, 1.165) is 5.82 Å². The van der Waals surface area contributed by atoms with Crippen LogP contribution in [0, 0.1) is 5.92 Å². The zero-order valence-electron chi connectivity index (χ0n) is 9.52. The predicted octanol–water partition coefficient (Wildman–Crippen LogP) is 2.39. The number of hydrogen-bond donors (Lipinski definition) is 1. The van der Waals surface area contributed by atoms with Crippen LogP contribution >= 0.6 is 0 Å². The van der Waals surface area contributed by atoms with Gasteiger partial charge in [0.05, 0.1) is 6.04 Å². The van der Waals surface area contributed by atoms with Gasteiger partial charge >= 0.3 is 0 Å². The molecule has 0 aromatic carbocycles. The first-order valence-corrected chi connectivity index (χ1v) is 6.02. The Labute approximate surface area is 91.7 Å². The Kier molecular flexibility index (Phi) is 3.41. The number of nitrogens with zero attached hydrogens (tertiary/aromatic N) is 2. The van der Waals surface area contributed by atoms with Crippen molar-refractivity contribution in [3.05, 3.63) is 18.2 Å². The van der Waals surface area contributed by atoms with Gasteiger partial charge in [0.1, 0.15) is 5.82 Å². The van der Waals surface area contributed by atoms with Crippen molar-refractivity contribution in [2.45, 2.75) is 44.6 Å². The van der Waals surface area contributed by atoms with Crippen molar-refractivity contribution in [1.29, 1.82) is 0 Å². The summed E-state index contributed by atoms with van der Waals surface area (Å²) in [5.74, 6) is 1.68. The third-order valence-corrected chi connectivity index (χ3v) is 3.56. The van der Waals surface area contributed by atoms with E-state index in [2.05, 4.69) is 9.55 Å². The first-order valence-electron chi connectivity index (χ1n) is 6.02. The van der Waals surface area contributed by atoms with Gasteiger partial charge in [-0.1, -0.05) is 25.7 Å². The molecule has 1 aliphatic rings. The van der Waals surface area contributed by atoms with Gasteiger partial charge in [-0.15, -0.1) is 0 Å².